The molecule has 2 heterocycles. The second kappa shape index (κ2) is 4.77. The Hall–Kier alpha value is -2.01. The van der Waals surface area contributed by atoms with Crippen LogP contribution in [0.5, 0.6) is 0 Å². The second-order valence-corrected chi connectivity index (χ2v) is 6.04. The van der Waals surface area contributed by atoms with Crippen molar-refractivity contribution in [2.45, 2.75) is 18.9 Å². The third kappa shape index (κ3) is 2.08. The van der Waals surface area contributed by atoms with Crippen molar-refractivity contribution in [3.8, 4) is 0 Å². The van der Waals surface area contributed by atoms with Crippen molar-refractivity contribution in [3.05, 3.63) is 36.2 Å². The van der Waals surface area contributed by atoms with Gasteiger partial charge in [-0.3, -0.25) is 14.8 Å². The van der Waals surface area contributed by atoms with E-state index >= 15 is 0 Å². The van der Waals surface area contributed by atoms with E-state index in [9.17, 15) is 9.90 Å². The van der Waals surface area contributed by atoms with Crippen molar-refractivity contribution in [2.24, 2.45) is 11.8 Å². The second-order valence-electron chi connectivity index (χ2n) is 6.04. The molecule has 2 aromatic rings. The number of hydrogen-bond acceptors (Lipinski definition) is 4. The minimum absolute atomic E-state index is 0.0316. The summed E-state index contributed by atoms with van der Waals surface area (Å²) in [5.41, 5.74) is 2.18. The lowest BCUT2D eigenvalue weighted by molar-refractivity contribution is 0.0752. The first-order chi connectivity index (χ1) is 10.2. The van der Waals surface area contributed by atoms with Crippen LogP contribution in [0.1, 0.15) is 23.2 Å². The molecule has 1 aliphatic carbocycles. The maximum absolute atomic E-state index is 12.6. The summed E-state index contributed by atoms with van der Waals surface area (Å²) in [6.45, 7) is 1.43. The minimum Gasteiger partial charge on any atom is -0.393 e. The quantitative estimate of drug-likeness (QED) is 0.860. The lowest BCUT2D eigenvalue weighted by atomic mass is 10.00. The van der Waals surface area contributed by atoms with E-state index < -0.39 is 0 Å². The maximum Gasteiger partial charge on any atom is 0.253 e. The number of nitrogens with zero attached hydrogens (tertiary/aromatic N) is 3. The fraction of sp³-hybridized carbons (Fsp3) is 0.438. The van der Waals surface area contributed by atoms with Gasteiger partial charge < -0.3 is 10.0 Å². The average molecular weight is 283 g/mol. The lowest BCUT2D eigenvalue weighted by Gasteiger charge is -2.18. The van der Waals surface area contributed by atoms with Gasteiger partial charge in [0.15, 0.2) is 0 Å². The Labute approximate surface area is 122 Å². The summed E-state index contributed by atoms with van der Waals surface area (Å²) in [4.78, 5) is 23.0. The minimum atomic E-state index is -0.240. The monoisotopic (exact) mass is 283 g/mol. The fourth-order valence-electron chi connectivity index (χ4n) is 3.68. The van der Waals surface area contributed by atoms with Crippen LogP contribution in [-0.4, -0.2) is 45.1 Å². The third-order valence-corrected chi connectivity index (χ3v) is 4.82. The SMILES string of the molecule is O=C(c1ccc2nccnc2c1)N1CC2CCC(O)C2C1. The van der Waals surface area contributed by atoms with Crippen LogP contribution in [-0.2, 0) is 0 Å². The number of hydrogen-bond donors (Lipinski definition) is 1. The number of amides is 1. The number of likely N-dealkylation sites (tertiary alicyclic amines) is 1. The van der Waals surface area contributed by atoms with Crippen LogP contribution >= 0.6 is 0 Å². The molecule has 4 rings (SSSR count). The highest BCUT2D eigenvalue weighted by Crippen LogP contribution is 2.38. The number of fused-ring (bicyclic) bond motifs is 2. The first kappa shape index (κ1) is 12.7. The summed E-state index contributed by atoms with van der Waals surface area (Å²) in [6, 6.07) is 5.44. The standard InChI is InChI=1S/C16H17N3O2/c20-15-4-2-11-8-19(9-12(11)15)16(21)10-1-3-13-14(7-10)18-6-5-17-13/h1,3,5-7,11-12,15,20H,2,4,8-9H2. The molecule has 1 aromatic carbocycles. The van der Waals surface area contributed by atoms with Crippen molar-refractivity contribution in [1.82, 2.24) is 14.9 Å². The van der Waals surface area contributed by atoms with E-state index in [0.29, 0.717) is 18.0 Å². The molecule has 1 aromatic heterocycles. The summed E-state index contributed by atoms with van der Waals surface area (Å²) in [6.07, 6.45) is 4.94. The predicted octanol–water partition coefficient (Wildman–Crippen LogP) is 1.47. The number of carbonyl (C=O) groups is 1. The molecule has 0 spiro atoms. The number of aliphatic hydroxyl groups is 1. The van der Waals surface area contributed by atoms with E-state index in [1.54, 1.807) is 18.5 Å². The normalized spacial score (nSPS) is 28.0. The van der Waals surface area contributed by atoms with Crippen LogP contribution in [0.3, 0.4) is 0 Å². The Bertz CT molecular complexity index is 703. The number of aromatic nitrogens is 2. The van der Waals surface area contributed by atoms with Gasteiger partial charge in [0.25, 0.3) is 5.91 Å². The Morgan fingerprint density at radius 2 is 1.95 bits per heavy atom. The van der Waals surface area contributed by atoms with E-state index in [2.05, 4.69) is 9.97 Å². The molecular weight excluding hydrogens is 266 g/mol. The molecule has 3 unspecified atom stereocenters. The van der Waals surface area contributed by atoms with Gasteiger partial charge in [0, 0.05) is 37.0 Å². The number of rotatable bonds is 1. The Balaban J connectivity index is 1.59. The van der Waals surface area contributed by atoms with E-state index in [4.69, 9.17) is 0 Å². The van der Waals surface area contributed by atoms with Crippen molar-refractivity contribution in [2.75, 3.05) is 13.1 Å². The molecule has 1 amide bonds. The molecule has 0 bridgehead atoms. The molecule has 0 radical (unpaired) electrons. The summed E-state index contributed by atoms with van der Waals surface area (Å²) in [5.74, 6) is 0.752. The molecule has 2 aliphatic rings. The van der Waals surface area contributed by atoms with Crippen LogP contribution in [0.15, 0.2) is 30.6 Å². The summed E-state index contributed by atoms with van der Waals surface area (Å²) in [5, 5.41) is 9.95. The molecule has 5 heteroatoms. The fourth-order valence-corrected chi connectivity index (χ4v) is 3.68. The van der Waals surface area contributed by atoms with Crippen molar-refractivity contribution in [3.63, 3.8) is 0 Å². The zero-order valence-corrected chi connectivity index (χ0v) is 11.6. The average Bonchev–Trinajstić information content (AvgIpc) is 3.08. The lowest BCUT2D eigenvalue weighted by Crippen LogP contribution is -2.31. The molecule has 1 saturated carbocycles. The molecule has 1 aliphatic heterocycles. The largest absolute Gasteiger partial charge is 0.393 e. The van der Waals surface area contributed by atoms with Gasteiger partial charge in [0.2, 0.25) is 0 Å². The predicted molar refractivity (Wildman–Crippen MR) is 77.7 cm³/mol. The number of carbonyl (C=O) groups excluding carboxylic acids is 1. The van der Waals surface area contributed by atoms with Gasteiger partial charge in [-0.05, 0) is 37.0 Å². The van der Waals surface area contributed by atoms with E-state index in [-0.39, 0.29) is 17.9 Å². The molecule has 108 valence electrons. The summed E-state index contributed by atoms with van der Waals surface area (Å²) < 4.78 is 0. The van der Waals surface area contributed by atoms with E-state index in [1.807, 2.05) is 17.0 Å². The first-order valence-electron chi connectivity index (χ1n) is 7.40. The zero-order chi connectivity index (χ0) is 14.4. The van der Waals surface area contributed by atoms with Crippen LogP contribution < -0.4 is 0 Å². The Morgan fingerprint density at radius 1 is 1.14 bits per heavy atom. The van der Waals surface area contributed by atoms with Gasteiger partial charge in [-0.25, -0.2) is 0 Å². The van der Waals surface area contributed by atoms with Crippen LogP contribution in [0, 0.1) is 11.8 Å². The van der Waals surface area contributed by atoms with Crippen molar-refractivity contribution < 1.29 is 9.90 Å². The van der Waals surface area contributed by atoms with Gasteiger partial charge in [-0.1, -0.05) is 0 Å². The zero-order valence-electron chi connectivity index (χ0n) is 11.6. The van der Waals surface area contributed by atoms with E-state index in [0.717, 1.165) is 30.4 Å². The first-order valence-corrected chi connectivity index (χ1v) is 7.40. The maximum atomic E-state index is 12.6. The molecule has 1 saturated heterocycles. The van der Waals surface area contributed by atoms with E-state index in [1.165, 1.54) is 0 Å². The Kier molecular flexibility index (Phi) is 2.89. The van der Waals surface area contributed by atoms with Gasteiger partial charge in [-0.15, -0.1) is 0 Å². The highest BCUT2D eigenvalue weighted by Gasteiger charge is 2.43. The van der Waals surface area contributed by atoms with Crippen LogP contribution in [0.25, 0.3) is 11.0 Å². The molecule has 5 nitrogen and oxygen atoms in total. The van der Waals surface area contributed by atoms with Gasteiger partial charge >= 0.3 is 0 Å². The topological polar surface area (TPSA) is 66.3 Å². The highest BCUT2D eigenvalue weighted by molar-refractivity contribution is 5.97. The van der Waals surface area contributed by atoms with Gasteiger partial charge in [0.05, 0.1) is 17.1 Å². The van der Waals surface area contributed by atoms with Crippen LogP contribution in [0.2, 0.25) is 0 Å². The van der Waals surface area contributed by atoms with Gasteiger partial charge in [0.1, 0.15) is 0 Å². The summed E-state index contributed by atoms with van der Waals surface area (Å²) >= 11 is 0. The molecule has 3 atom stereocenters. The van der Waals surface area contributed by atoms with Gasteiger partial charge in [-0.2, -0.15) is 0 Å². The smallest absolute Gasteiger partial charge is 0.253 e. The third-order valence-electron chi connectivity index (χ3n) is 4.82. The van der Waals surface area contributed by atoms with Crippen LogP contribution in [0.4, 0.5) is 0 Å². The number of benzene rings is 1. The molecule has 21 heavy (non-hydrogen) atoms. The number of aliphatic hydroxyl groups excluding tert-OH is 1. The molecule has 1 N–H and O–H groups in total. The molecule has 2 fully saturated rings. The highest BCUT2D eigenvalue weighted by atomic mass is 16.3. The Morgan fingerprint density at radius 3 is 2.76 bits per heavy atom. The van der Waals surface area contributed by atoms with Crippen molar-refractivity contribution >= 4 is 16.9 Å². The van der Waals surface area contributed by atoms with Crippen molar-refractivity contribution in [1.29, 1.82) is 0 Å². The molecular formula is C16H17N3O2. The summed E-state index contributed by atoms with van der Waals surface area (Å²) in [7, 11) is 0.